The summed E-state index contributed by atoms with van der Waals surface area (Å²) in [4.78, 5) is 17.0. The molecule has 0 bridgehead atoms. The van der Waals surface area contributed by atoms with Crippen LogP contribution in [0.2, 0.25) is 5.02 Å². The van der Waals surface area contributed by atoms with E-state index in [-0.39, 0.29) is 11.3 Å². The molecule has 0 atom stereocenters. The summed E-state index contributed by atoms with van der Waals surface area (Å²) < 4.78 is 12.4. The first-order valence-corrected chi connectivity index (χ1v) is 12.4. The number of ether oxygens (including phenoxy) is 2. The van der Waals surface area contributed by atoms with Crippen LogP contribution in [0, 0.1) is 0 Å². The number of fused-ring (bicyclic) bond motifs is 1. The number of carbonyl (C=O) groups excluding carboxylic acids is 1. The molecule has 1 N–H and O–H groups in total. The number of methoxy groups -OCH3 is 1. The lowest BCUT2D eigenvalue weighted by Crippen LogP contribution is -2.10. The average molecular weight is 507 g/mol. The molecule has 180 valence electrons. The number of carbonyl (C=O) groups is 1. The van der Waals surface area contributed by atoms with Crippen LogP contribution in [0.15, 0.2) is 66.7 Å². The van der Waals surface area contributed by atoms with E-state index in [0.717, 1.165) is 21.3 Å². The van der Waals surface area contributed by atoms with Gasteiger partial charge in [-0.25, -0.2) is 4.98 Å². The second-order valence-corrected chi connectivity index (χ2v) is 10.6. The highest BCUT2D eigenvalue weighted by Gasteiger charge is 2.15. The molecule has 0 spiro atoms. The van der Waals surface area contributed by atoms with E-state index in [1.807, 2.05) is 48.5 Å². The number of aromatic nitrogens is 1. The van der Waals surface area contributed by atoms with Gasteiger partial charge in [-0.15, -0.1) is 0 Å². The summed E-state index contributed by atoms with van der Waals surface area (Å²) in [5.74, 6) is 0.956. The van der Waals surface area contributed by atoms with Gasteiger partial charge in [-0.05, 0) is 64.6 Å². The molecular weight excluding hydrogens is 480 g/mol. The number of nitrogens with zero attached hydrogens (tertiary/aromatic N) is 1. The predicted octanol–water partition coefficient (Wildman–Crippen LogP) is 7.49. The van der Waals surface area contributed by atoms with Crippen LogP contribution in [0.4, 0.5) is 5.13 Å². The number of hydrogen-bond donors (Lipinski definition) is 1. The van der Waals surface area contributed by atoms with E-state index in [9.17, 15) is 4.79 Å². The highest BCUT2D eigenvalue weighted by Crippen LogP contribution is 2.32. The van der Waals surface area contributed by atoms with E-state index in [1.54, 1.807) is 13.2 Å². The Hall–Kier alpha value is -3.35. The van der Waals surface area contributed by atoms with Gasteiger partial charge in [0.1, 0.15) is 6.61 Å². The lowest BCUT2D eigenvalue weighted by molar-refractivity contribution is -0.111. The molecule has 3 aromatic carbocycles. The van der Waals surface area contributed by atoms with E-state index in [1.165, 1.54) is 23.0 Å². The Morgan fingerprint density at radius 3 is 2.54 bits per heavy atom. The van der Waals surface area contributed by atoms with E-state index in [2.05, 4.69) is 43.2 Å². The first kappa shape index (κ1) is 24.8. The fraction of sp³-hybridized carbons (Fsp3) is 0.214. The van der Waals surface area contributed by atoms with Crippen molar-refractivity contribution in [2.45, 2.75) is 32.8 Å². The Labute approximate surface area is 214 Å². The average Bonchev–Trinajstić information content (AvgIpc) is 3.23. The topological polar surface area (TPSA) is 60.5 Å². The molecule has 7 heteroatoms. The molecule has 1 heterocycles. The lowest BCUT2D eigenvalue weighted by Gasteiger charge is -2.18. The fourth-order valence-corrected chi connectivity index (χ4v) is 4.45. The van der Waals surface area contributed by atoms with Crippen molar-refractivity contribution in [1.82, 2.24) is 4.98 Å². The summed E-state index contributed by atoms with van der Waals surface area (Å²) in [6.07, 6.45) is 3.21. The Bertz CT molecular complexity index is 1370. The van der Waals surface area contributed by atoms with Crippen molar-refractivity contribution in [2.24, 2.45) is 0 Å². The monoisotopic (exact) mass is 506 g/mol. The highest BCUT2D eigenvalue weighted by molar-refractivity contribution is 7.22. The zero-order valence-corrected chi connectivity index (χ0v) is 21.7. The Balaban J connectivity index is 1.40. The van der Waals surface area contributed by atoms with Crippen molar-refractivity contribution in [3.05, 3.63) is 88.5 Å². The summed E-state index contributed by atoms with van der Waals surface area (Å²) in [5.41, 5.74) is 3.99. The summed E-state index contributed by atoms with van der Waals surface area (Å²) in [5, 5.41) is 4.12. The first-order valence-electron chi connectivity index (χ1n) is 11.2. The molecule has 4 rings (SSSR count). The fourth-order valence-electron chi connectivity index (χ4n) is 3.41. The number of thiazole rings is 1. The van der Waals surface area contributed by atoms with Crippen LogP contribution >= 0.6 is 22.9 Å². The second kappa shape index (κ2) is 10.5. The van der Waals surface area contributed by atoms with E-state index in [0.29, 0.717) is 28.3 Å². The van der Waals surface area contributed by atoms with Crippen molar-refractivity contribution < 1.29 is 14.3 Å². The molecule has 0 radical (unpaired) electrons. The van der Waals surface area contributed by atoms with Crippen LogP contribution in [0.3, 0.4) is 0 Å². The Kier molecular flexibility index (Phi) is 7.43. The minimum atomic E-state index is -0.248. The molecule has 0 aliphatic heterocycles. The number of hydrogen-bond acceptors (Lipinski definition) is 5. The molecule has 0 saturated carbocycles. The van der Waals surface area contributed by atoms with Crippen molar-refractivity contribution in [1.29, 1.82) is 0 Å². The molecule has 0 aliphatic rings. The predicted molar refractivity (Wildman–Crippen MR) is 145 cm³/mol. The van der Waals surface area contributed by atoms with E-state index < -0.39 is 0 Å². The van der Waals surface area contributed by atoms with Gasteiger partial charge in [-0.3, -0.25) is 10.1 Å². The van der Waals surface area contributed by atoms with Crippen LogP contribution in [-0.4, -0.2) is 18.0 Å². The lowest BCUT2D eigenvalue weighted by atomic mass is 9.87. The normalized spacial score (nSPS) is 11.7. The quantitative estimate of drug-likeness (QED) is 0.264. The van der Waals surface area contributed by atoms with Gasteiger partial charge in [0.05, 0.1) is 17.3 Å². The number of amides is 1. The van der Waals surface area contributed by atoms with Gasteiger partial charge >= 0.3 is 0 Å². The molecule has 0 fully saturated rings. The SMILES string of the molecule is COc1cc(/C=C/C(=O)Nc2nc3ccc(C(C)(C)C)cc3s2)ccc1OCc1ccc(Cl)cc1. The molecule has 5 nitrogen and oxygen atoms in total. The van der Waals surface area contributed by atoms with Gasteiger partial charge in [0.15, 0.2) is 16.6 Å². The van der Waals surface area contributed by atoms with Crippen molar-refractivity contribution >= 4 is 50.3 Å². The van der Waals surface area contributed by atoms with Gasteiger partial charge in [-0.1, -0.05) is 68.0 Å². The first-order chi connectivity index (χ1) is 16.7. The second-order valence-electron chi connectivity index (χ2n) is 9.10. The van der Waals surface area contributed by atoms with Crippen molar-refractivity contribution in [3.8, 4) is 11.5 Å². The smallest absolute Gasteiger partial charge is 0.250 e. The number of benzene rings is 3. The van der Waals surface area contributed by atoms with Crippen LogP contribution in [0.25, 0.3) is 16.3 Å². The third-order valence-corrected chi connectivity index (χ3v) is 6.59. The van der Waals surface area contributed by atoms with Crippen molar-refractivity contribution in [3.63, 3.8) is 0 Å². The van der Waals surface area contributed by atoms with E-state index >= 15 is 0 Å². The third kappa shape index (κ3) is 6.41. The molecule has 1 aromatic heterocycles. The molecule has 0 unspecified atom stereocenters. The van der Waals surface area contributed by atoms with E-state index in [4.69, 9.17) is 21.1 Å². The molecule has 0 saturated heterocycles. The van der Waals surface area contributed by atoms with Crippen LogP contribution in [0.1, 0.15) is 37.5 Å². The number of halogens is 1. The summed E-state index contributed by atoms with van der Waals surface area (Å²) in [6, 6.07) is 19.2. The molecule has 35 heavy (non-hydrogen) atoms. The highest BCUT2D eigenvalue weighted by atomic mass is 35.5. The molecular formula is C28H27ClN2O3S. The number of nitrogens with one attached hydrogen (secondary N) is 1. The Morgan fingerprint density at radius 2 is 1.83 bits per heavy atom. The maximum absolute atomic E-state index is 12.5. The van der Waals surface area contributed by atoms with Crippen LogP contribution < -0.4 is 14.8 Å². The van der Waals surface area contributed by atoms with Crippen LogP contribution in [0.5, 0.6) is 11.5 Å². The maximum Gasteiger partial charge on any atom is 0.250 e. The summed E-state index contributed by atoms with van der Waals surface area (Å²) >= 11 is 7.40. The molecule has 0 aliphatic carbocycles. The third-order valence-electron chi connectivity index (χ3n) is 5.41. The standard InChI is InChI=1S/C28H27ClN2O3S/c1-28(2,3)20-9-12-22-25(16-20)35-27(30-22)31-26(32)14-8-18-7-13-23(24(15-18)33-4)34-17-19-5-10-21(29)11-6-19/h5-16H,17H2,1-4H3,(H,30,31,32)/b14-8+. The molecule has 4 aromatic rings. The van der Waals surface area contributed by atoms with Gasteiger partial charge in [0.25, 0.3) is 0 Å². The largest absolute Gasteiger partial charge is 0.493 e. The van der Waals surface area contributed by atoms with Gasteiger partial charge < -0.3 is 9.47 Å². The Morgan fingerprint density at radius 1 is 1.06 bits per heavy atom. The number of rotatable bonds is 7. The minimum absolute atomic E-state index is 0.0574. The minimum Gasteiger partial charge on any atom is -0.493 e. The maximum atomic E-state index is 12.5. The van der Waals surface area contributed by atoms with Crippen LogP contribution in [-0.2, 0) is 16.8 Å². The zero-order chi connectivity index (χ0) is 25.0. The van der Waals surface area contributed by atoms with Gasteiger partial charge in [-0.2, -0.15) is 0 Å². The van der Waals surface area contributed by atoms with Gasteiger partial charge in [0.2, 0.25) is 5.91 Å². The molecule has 1 amide bonds. The zero-order valence-electron chi connectivity index (χ0n) is 20.1. The van der Waals surface area contributed by atoms with Gasteiger partial charge in [0, 0.05) is 11.1 Å². The number of anilines is 1. The summed E-state index contributed by atoms with van der Waals surface area (Å²) in [6.45, 7) is 6.92. The van der Waals surface area contributed by atoms with Crippen molar-refractivity contribution in [2.75, 3.05) is 12.4 Å². The summed E-state index contributed by atoms with van der Waals surface area (Å²) in [7, 11) is 1.59.